The molecule has 1 aliphatic heterocycles. The largest absolute Gasteiger partial charge is 0.465 e. The van der Waals surface area contributed by atoms with E-state index in [-0.39, 0.29) is 23.5 Å². The molecule has 4 atom stereocenters. The van der Waals surface area contributed by atoms with Crippen LogP contribution in [0.4, 0.5) is 29.3 Å². The Kier molecular flexibility index (Phi) is 8.26. The van der Waals surface area contributed by atoms with E-state index in [2.05, 4.69) is 25.9 Å². The van der Waals surface area contributed by atoms with Crippen molar-refractivity contribution in [2.24, 2.45) is 0 Å². The number of ether oxygens (including phenoxy) is 1. The van der Waals surface area contributed by atoms with Gasteiger partial charge in [0.1, 0.15) is 34.4 Å². The summed E-state index contributed by atoms with van der Waals surface area (Å²) in [5, 5.41) is 27.1. The lowest BCUT2D eigenvalue weighted by Gasteiger charge is -2.45. The zero-order valence-electron chi connectivity index (χ0n) is 22.0. The number of carbonyl (C=O) groups excluding carboxylic acids is 2. The molecule has 2 aromatic heterocycles. The molecule has 3 heterocycles. The topological polar surface area (TPSA) is 163 Å². The molecular weight excluding hydrogens is 547 g/mol. The highest BCUT2D eigenvalue weighted by Gasteiger charge is 2.46. The van der Waals surface area contributed by atoms with Crippen LogP contribution in [0.2, 0.25) is 0 Å². The van der Waals surface area contributed by atoms with E-state index in [1.54, 1.807) is 6.92 Å². The normalized spacial score (nSPS) is 22.1. The van der Waals surface area contributed by atoms with Crippen LogP contribution in [0.3, 0.4) is 0 Å². The molecule has 4 rings (SSSR count). The number of benzene rings is 1. The summed E-state index contributed by atoms with van der Waals surface area (Å²) >= 11 is 0. The average Bonchev–Trinajstić information content (AvgIpc) is 2.87. The fourth-order valence-corrected chi connectivity index (χ4v) is 4.53. The Hall–Kier alpha value is -4.56. The highest BCUT2D eigenvalue weighted by molar-refractivity contribution is 6.03. The van der Waals surface area contributed by atoms with E-state index in [1.165, 1.54) is 25.4 Å². The maximum Gasteiger partial charge on any atom is 0.404 e. The Morgan fingerprint density at radius 2 is 1.76 bits per heavy atom. The van der Waals surface area contributed by atoms with Crippen LogP contribution in [0.15, 0.2) is 42.7 Å². The summed E-state index contributed by atoms with van der Waals surface area (Å²) in [5.41, 5.74) is -3.13. The van der Waals surface area contributed by atoms with Crippen molar-refractivity contribution in [3.05, 3.63) is 71.4 Å². The van der Waals surface area contributed by atoms with Crippen molar-refractivity contribution < 1.29 is 42.5 Å². The van der Waals surface area contributed by atoms with E-state index in [4.69, 9.17) is 4.74 Å². The second-order valence-corrected chi connectivity index (χ2v) is 9.67. The minimum absolute atomic E-state index is 0.0164. The number of anilines is 2. The predicted octanol–water partition coefficient (Wildman–Crippen LogP) is 4.01. The first kappa shape index (κ1) is 29.4. The first-order valence-corrected chi connectivity index (χ1v) is 12.3. The Balaban J connectivity index is 1.63. The molecule has 1 aromatic carbocycles. The number of nitrogens with zero attached hydrogens (tertiary/aromatic N) is 2. The van der Waals surface area contributed by atoms with Gasteiger partial charge >= 0.3 is 6.09 Å². The van der Waals surface area contributed by atoms with Gasteiger partial charge in [-0.2, -0.15) is 0 Å². The smallest absolute Gasteiger partial charge is 0.404 e. The minimum Gasteiger partial charge on any atom is -0.465 e. The highest BCUT2D eigenvalue weighted by atomic mass is 19.1. The van der Waals surface area contributed by atoms with E-state index in [9.17, 15) is 37.8 Å². The van der Waals surface area contributed by atoms with E-state index < -0.39 is 70.5 Å². The molecule has 11 nitrogen and oxygen atoms in total. The van der Waals surface area contributed by atoms with Crippen molar-refractivity contribution in [3.63, 3.8) is 0 Å². The summed E-state index contributed by atoms with van der Waals surface area (Å²) in [7, 11) is 0. The number of rotatable bonds is 6. The maximum atomic E-state index is 14.8. The van der Waals surface area contributed by atoms with Crippen LogP contribution in [0.25, 0.3) is 11.3 Å². The Morgan fingerprint density at radius 3 is 2.39 bits per heavy atom. The van der Waals surface area contributed by atoms with E-state index >= 15 is 0 Å². The number of pyridine rings is 2. The third-order valence-corrected chi connectivity index (χ3v) is 6.77. The standard InChI is InChI=1S/C27H26F3N5O6/c1-12-27(3,40)22(35-26(38)39)10-21(41-12)15-6-7-31-11-20(15)34-25(37)19-5-4-16(28)24(33-19)23-17(29)8-14(9-18(23)30)32-13(2)36/h4-9,11-12,21-22,35,40H,10H2,1-3H3,(H,32,36)(H,34,37)(H,38,39)/t12-,21-,22-,27-/m1/s1. The van der Waals surface area contributed by atoms with Gasteiger partial charge in [0.25, 0.3) is 5.91 Å². The molecule has 216 valence electrons. The van der Waals surface area contributed by atoms with Crippen molar-refractivity contribution in [1.29, 1.82) is 0 Å². The van der Waals surface area contributed by atoms with Crippen LogP contribution in [0.5, 0.6) is 0 Å². The van der Waals surface area contributed by atoms with Gasteiger partial charge < -0.3 is 30.9 Å². The van der Waals surface area contributed by atoms with Crippen LogP contribution in [-0.4, -0.2) is 55.8 Å². The van der Waals surface area contributed by atoms with Gasteiger partial charge in [-0.1, -0.05) is 0 Å². The second-order valence-electron chi connectivity index (χ2n) is 9.67. The zero-order valence-corrected chi connectivity index (χ0v) is 22.0. The van der Waals surface area contributed by atoms with Gasteiger partial charge in [-0.05, 0) is 44.2 Å². The van der Waals surface area contributed by atoms with Crippen LogP contribution in [0, 0.1) is 17.5 Å². The summed E-state index contributed by atoms with van der Waals surface area (Å²) in [4.78, 5) is 43.5. The lowest BCUT2D eigenvalue weighted by molar-refractivity contribution is -0.176. The molecule has 1 saturated heterocycles. The molecule has 3 amide bonds. The summed E-state index contributed by atoms with van der Waals surface area (Å²) in [6.07, 6.45) is -0.168. The molecule has 0 bridgehead atoms. The SMILES string of the molecule is CC(=O)Nc1cc(F)c(-c2nc(C(=O)Nc3cnccc3[C@H]3C[C@@H](NC(=O)O)[C@](C)(O)[C@@H](C)O3)ccc2F)c(F)c1. The van der Waals surface area contributed by atoms with E-state index in [0.717, 1.165) is 31.2 Å². The van der Waals surface area contributed by atoms with E-state index in [0.29, 0.717) is 5.56 Å². The molecule has 5 N–H and O–H groups in total. The fraction of sp³-hybridized carbons (Fsp3) is 0.296. The van der Waals surface area contributed by atoms with Crippen molar-refractivity contribution in [3.8, 4) is 11.3 Å². The highest BCUT2D eigenvalue weighted by Crippen LogP contribution is 2.39. The lowest BCUT2D eigenvalue weighted by Crippen LogP contribution is -2.60. The fourth-order valence-electron chi connectivity index (χ4n) is 4.53. The molecule has 0 saturated carbocycles. The monoisotopic (exact) mass is 573 g/mol. The van der Waals surface area contributed by atoms with Crippen LogP contribution in [0.1, 0.15) is 49.3 Å². The number of amides is 3. The predicted molar refractivity (Wildman–Crippen MR) is 140 cm³/mol. The first-order valence-electron chi connectivity index (χ1n) is 12.3. The molecule has 1 aliphatic rings. The summed E-state index contributed by atoms with van der Waals surface area (Å²) in [5.74, 6) is -4.96. The molecular formula is C27H26F3N5O6. The number of aliphatic hydroxyl groups is 1. The van der Waals surface area contributed by atoms with Gasteiger partial charge in [0.05, 0.1) is 35.7 Å². The van der Waals surface area contributed by atoms with Gasteiger partial charge in [-0.25, -0.2) is 22.9 Å². The maximum absolute atomic E-state index is 14.8. The molecule has 14 heteroatoms. The third kappa shape index (κ3) is 6.28. The summed E-state index contributed by atoms with van der Waals surface area (Å²) < 4.78 is 50.2. The van der Waals surface area contributed by atoms with E-state index in [1.807, 2.05) is 0 Å². The van der Waals surface area contributed by atoms with Crippen LogP contribution >= 0.6 is 0 Å². The molecule has 3 aromatic rings. The number of aromatic nitrogens is 2. The summed E-state index contributed by atoms with van der Waals surface area (Å²) in [6, 6.07) is 4.08. The zero-order chi connectivity index (χ0) is 30.1. The second kappa shape index (κ2) is 11.5. The van der Waals surface area contributed by atoms with Gasteiger partial charge in [0.2, 0.25) is 5.91 Å². The number of hydrogen-bond donors (Lipinski definition) is 5. The molecule has 1 fully saturated rings. The number of carbonyl (C=O) groups is 3. The molecule has 0 spiro atoms. The van der Waals surface area contributed by atoms with Gasteiger partial charge in [0, 0.05) is 30.8 Å². The van der Waals surface area contributed by atoms with Crippen molar-refractivity contribution in [2.45, 2.75) is 51.0 Å². The molecule has 41 heavy (non-hydrogen) atoms. The average molecular weight is 574 g/mol. The third-order valence-electron chi connectivity index (χ3n) is 6.77. The van der Waals surface area contributed by atoms with Gasteiger partial charge in [0.15, 0.2) is 0 Å². The molecule has 0 radical (unpaired) electrons. The van der Waals surface area contributed by atoms with Gasteiger partial charge in [-0.15, -0.1) is 0 Å². The first-order chi connectivity index (χ1) is 19.3. The Bertz CT molecular complexity index is 1500. The minimum atomic E-state index is -1.52. The number of hydrogen-bond acceptors (Lipinski definition) is 7. The molecule has 0 unspecified atom stereocenters. The van der Waals surface area contributed by atoms with Gasteiger partial charge in [-0.3, -0.25) is 14.6 Å². The van der Waals surface area contributed by atoms with Crippen molar-refractivity contribution in [2.75, 3.05) is 10.6 Å². The van der Waals surface area contributed by atoms with Crippen molar-refractivity contribution in [1.82, 2.24) is 15.3 Å². The Labute approximate surface area is 231 Å². The number of carboxylic acid groups (broad SMARTS) is 1. The van der Waals surface area contributed by atoms with Crippen LogP contribution in [-0.2, 0) is 9.53 Å². The van der Waals surface area contributed by atoms with Crippen molar-refractivity contribution >= 4 is 29.3 Å². The lowest BCUT2D eigenvalue weighted by atomic mass is 9.82. The summed E-state index contributed by atoms with van der Waals surface area (Å²) in [6.45, 7) is 4.17. The number of halogens is 3. The quantitative estimate of drug-likeness (QED) is 0.295. The molecule has 0 aliphatic carbocycles. The van der Waals surface area contributed by atoms with Crippen LogP contribution < -0.4 is 16.0 Å². The number of nitrogens with one attached hydrogen (secondary N) is 3. The Morgan fingerprint density at radius 1 is 1.07 bits per heavy atom.